The van der Waals surface area contributed by atoms with Gasteiger partial charge in [0.2, 0.25) is 0 Å². The molecule has 0 aromatic carbocycles. The van der Waals surface area contributed by atoms with Crippen molar-refractivity contribution in [2.45, 2.75) is 105 Å². The van der Waals surface area contributed by atoms with Gasteiger partial charge in [-0.05, 0) is 97.4 Å². The van der Waals surface area contributed by atoms with E-state index in [0.29, 0.717) is 17.8 Å². The Hall–Kier alpha value is -0.630. The molecule has 29 heavy (non-hydrogen) atoms. The molecular formula is C27H44O2. The van der Waals surface area contributed by atoms with Crippen LogP contribution in [0, 0.1) is 46.3 Å². The average Bonchev–Trinajstić information content (AvgIpc) is 3.00. The molecule has 0 spiro atoms. The monoisotopic (exact) mass is 400 g/mol. The maximum atomic E-state index is 12.1. The molecule has 3 saturated carbocycles. The van der Waals surface area contributed by atoms with Crippen molar-refractivity contribution < 1.29 is 9.90 Å². The fourth-order valence-corrected chi connectivity index (χ4v) is 8.64. The van der Waals surface area contributed by atoms with Crippen LogP contribution in [0.1, 0.15) is 98.8 Å². The van der Waals surface area contributed by atoms with Crippen LogP contribution in [0.4, 0.5) is 0 Å². The molecule has 2 unspecified atom stereocenters. The van der Waals surface area contributed by atoms with Crippen LogP contribution in [0.25, 0.3) is 0 Å². The normalized spacial score (nSPS) is 45.4. The number of hydrogen-bond donors (Lipinski definition) is 1. The zero-order valence-electron chi connectivity index (χ0n) is 19.5. The van der Waals surface area contributed by atoms with Gasteiger partial charge in [0.05, 0.1) is 0 Å². The average molecular weight is 401 g/mol. The zero-order valence-corrected chi connectivity index (χ0v) is 19.5. The fraction of sp³-hybridized carbons (Fsp3) is 0.889. The molecule has 4 aliphatic rings. The van der Waals surface area contributed by atoms with Crippen LogP contribution in [-0.4, -0.2) is 17.0 Å². The summed E-state index contributed by atoms with van der Waals surface area (Å²) >= 11 is 0. The van der Waals surface area contributed by atoms with Crippen molar-refractivity contribution in [2.75, 3.05) is 0 Å². The topological polar surface area (TPSA) is 37.3 Å². The maximum absolute atomic E-state index is 12.1. The van der Waals surface area contributed by atoms with Crippen LogP contribution in [0.3, 0.4) is 0 Å². The van der Waals surface area contributed by atoms with Crippen molar-refractivity contribution in [3.8, 4) is 0 Å². The minimum atomic E-state index is -0.770. The minimum Gasteiger partial charge on any atom is -0.385 e. The van der Waals surface area contributed by atoms with Gasteiger partial charge in [-0.1, -0.05) is 59.5 Å². The predicted octanol–water partition coefficient (Wildman–Crippen LogP) is 6.57. The molecule has 0 bridgehead atoms. The molecule has 8 atom stereocenters. The highest BCUT2D eigenvalue weighted by atomic mass is 16.3. The van der Waals surface area contributed by atoms with Gasteiger partial charge >= 0.3 is 0 Å². The second-order valence-electron chi connectivity index (χ2n) is 12.2. The van der Waals surface area contributed by atoms with E-state index in [9.17, 15) is 9.90 Å². The van der Waals surface area contributed by atoms with Gasteiger partial charge in [-0.15, -0.1) is 0 Å². The summed E-state index contributed by atoms with van der Waals surface area (Å²) in [6.45, 7) is 12.2. The van der Waals surface area contributed by atoms with E-state index in [1.165, 1.54) is 56.9 Å². The number of fused-ring (bicyclic) bond motifs is 5. The number of aliphatic hydroxyl groups excluding tert-OH is 1. The summed E-state index contributed by atoms with van der Waals surface area (Å²) in [5, 5.41) is 10.4. The van der Waals surface area contributed by atoms with Crippen molar-refractivity contribution in [1.29, 1.82) is 0 Å². The fourth-order valence-electron chi connectivity index (χ4n) is 8.64. The molecule has 0 radical (unpaired) electrons. The lowest BCUT2D eigenvalue weighted by Gasteiger charge is -2.58. The number of carbonyl (C=O) groups excluding carboxylic acids is 1. The number of rotatable bonds is 5. The van der Waals surface area contributed by atoms with E-state index >= 15 is 0 Å². The quantitative estimate of drug-likeness (QED) is 0.567. The molecular weight excluding hydrogens is 356 g/mol. The third kappa shape index (κ3) is 3.56. The summed E-state index contributed by atoms with van der Waals surface area (Å²) in [5.74, 6) is 4.84. The first-order chi connectivity index (χ1) is 13.7. The van der Waals surface area contributed by atoms with E-state index in [-0.39, 0.29) is 11.2 Å². The van der Waals surface area contributed by atoms with Crippen LogP contribution < -0.4 is 0 Å². The number of hydrogen-bond acceptors (Lipinski definition) is 2. The lowest BCUT2D eigenvalue weighted by Crippen LogP contribution is -2.52. The first-order valence-electron chi connectivity index (χ1n) is 12.6. The summed E-state index contributed by atoms with van der Waals surface area (Å²) in [7, 11) is 0. The third-order valence-corrected chi connectivity index (χ3v) is 10.2. The minimum absolute atomic E-state index is 0.0484. The Bertz CT molecular complexity index is 663. The van der Waals surface area contributed by atoms with Crippen molar-refractivity contribution in [3.63, 3.8) is 0 Å². The van der Waals surface area contributed by atoms with Gasteiger partial charge in [0.15, 0.2) is 5.78 Å². The molecule has 0 saturated heterocycles. The molecule has 0 aromatic rings. The molecule has 0 aliphatic heterocycles. The zero-order chi connectivity index (χ0) is 21.0. The van der Waals surface area contributed by atoms with Crippen molar-refractivity contribution in [2.24, 2.45) is 46.3 Å². The van der Waals surface area contributed by atoms with Crippen LogP contribution in [0.15, 0.2) is 11.6 Å². The smallest absolute Gasteiger partial charge is 0.184 e. The highest BCUT2D eigenvalue weighted by Crippen LogP contribution is 2.67. The summed E-state index contributed by atoms with van der Waals surface area (Å²) < 4.78 is 0. The molecule has 2 nitrogen and oxygen atoms in total. The Morgan fingerprint density at radius 2 is 1.83 bits per heavy atom. The molecule has 4 aliphatic carbocycles. The van der Waals surface area contributed by atoms with E-state index < -0.39 is 6.10 Å². The Morgan fingerprint density at radius 3 is 2.55 bits per heavy atom. The molecule has 3 fully saturated rings. The molecule has 2 heteroatoms. The number of aliphatic hydroxyl groups is 1. The van der Waals surface area contributed by atoms with Gasteiger partial charge in [0.1, 0.15) is 6.10 Å². The molecule has 0 heterocycles. The summed E-state index contributed by atoms with van der Waals surface area (Å²) in [6, 6.07) is 0. The lowest BCUT2D eigenvalue weighted by molar-refractivity contribution is -0.128. The van der Waals surface area contributed by atoms with Crippen molar-refractivity contribution in [1.82, 2.24) is 0 Å². The molecule has 164 valence electrons. The van der Waals surface area contributed by atoms with E-state index in [0.717, 1.165) is 36.0 Å². The van der Waals surface area contributed by atoms with E-state index in [1.54, 1.807) is 0 Å². The highest BCUT2D eigenvalue weighted by molar-refractivity contribution is 5.95. The summed E-state index contributed by atoms with van der Waals surface area (Å²) in [4.78, 5) is 12.1. The molecule has 0 amide bonds. The van der Waals surface area contributed by atoms with E-state index in [2.05, 4.69) is 34.6 Å². The summed E-state index contributed by atoms with van der Waals surface area (Å²) in [6.07, 6.45) is 13.7. The SMILES string of the molecule is CC(C)CCCC(C)[C@H]1CC[C@H]2[C@@H]3CCC4=CC(=O)C(O)C[C@]4(C)[C@H]3CC[C@]12C. The largest absolute Gasteiger partial charge is 0.385 e. The molecule has 1 N–H and O–H groups in total. The first-order valence-corrected chi connectivity index (χ1v) is 12.6. The summed E-state index contributed by atoms with van der Waals surface area (Å²) in [5.41, 5.74) is 1.92. The number of ketones is 1. The second kappa shape index (κ2) is 7.81. The molecule has 0 aromatic heterocycles. The Morgan fingerprint density at radius 1 is 1.07 bits per heavy atom. The number of carbonyl (C=O) groups is 1. The predicted molar refractivity (Wildman–Crippen MR) is 119 cm³/mol. The Balaban J connectivity index is 1.51. The van der Waals surface area contributed by atoms with Crippen molar-refractivity contribution >= 4 is 5.78 Å². The van der Waals surface area contributed by atoms with Gasteiger partial charge < -0.3 is 5.11 Å². The molecule has 4 rings (SSSR count). The van der Waals surface area contributed by atoms with Gasteiger partial charge in [0.25, 0.3) is 0 Å². The standard InChI is InChI=1S/C27H44O2/c1-17(2)7-6-8-18(3)21-11-12-22-20-10-9-19-15-24(28)25(29)16-27(19,5)23(20)13-14-26(21,22)4/h15,17-18,20-23,25,29H,6-14,16H2,1-5H3/t18?,20-,21+,22-,23-,25?,26+,27-/m0/s1. The highest BCUT2D eigenvalue weighted by Gasteiger charge is 2.60. The Labute approximate surface area is 178 Å². The van der Waals surface area contributed by atoms with Gasteiger partial charge in [-0.25, -0.2) is 0 Å². The van der Waals surface area contributed by atoms with Gasteiger partial charge in [-0.3, -0.25) is 4.79 Å². The van der Waals surface area contributed by atoms with Crippen LogP contribution in [0.5, 0.6) is 0 Å². The second-order valence-corrected chi connectivity index (χ2v) is 12.2. The lowest BCUT2D eigenvalue weighted by atomic mass is 9.46. The first kappa shape index (κ1) is 21.6. The van der Waals surface area contributed by atoms with Gasteiger partial charge in [0, 0.05) is 0 Å². The van der Waals surface area contributed by atoms with Gasteiger partial charge in [-0.2, -0.15) is 0 Å². The van der Waals surface area contributed by atoms with Crippen LogP contribution in [-0.2, 0) is 4.79 Å². The Kier molecular flexibility index (Phi) is 5.82. The van der Waals surface area contributed by atoms with E-state index in [4.69, 9.17) is 0 Å². The van der Waals surface area contributed by atoms with E-state index in [1.807, 2.05) is 6.08 Å². The maximum Gasteiger partial charge on any atom is 0.184 e. The van der Waals surface area contributed by atoms with Crippen molar-refractivity contribution in [3.05, 3.63) is 11.6 Å². The number of allylic oxidation sites excluding steroid dienone is 1. The van der Waals surface area contributed by atoms with Crippen LogP contribution in [0.2, 0.25) is 0 Å². The van der Waals surface area contributed by atoms with Crippen LogP contribution >= 0.6 is 0 Å². The third-order valence-electron chi connectivity index (χ3n) is 10.2.